The summed E-state index contributed by atoms with van der Waals surface area (Å²) in [6.07, 6.45) is 1.10. The summed E-state index contributed by atoms with van der Waals surface area (Å²) >= 11 is 1.73. The normalized spacial score (nSPS) is 25.7. The molecule has 0 radical (unpaired) electrons. The molecule has 4 heteroatoms. The fourth-order valence-corrected chi connectivity index (χ4v) is 5.02. The third-order valence-corrected chi connectivity index (χ3v) is 6.22. The van der Waals surface area contributed by atoms with Crippen molar-refractivity contribution in [1.82, 2.24) is 0 Å². The van der Waals surface area contributed by atoms with E-state index in [9.17, 15) is 4.79 Å². The molecule has 2 aliphatic heterocycles. The molecule has 2 aromatic rings. The standard InChI is InChI=1S/C20H23NO2S/c1-12(2)14-6-7-17-16(11-14)20-15(8-9-23-20)19(21(17)13(3)22)18-5-4-10-24-18/h4-7,10-12,15,19-20H,8-9H2,1-3H3. The summed E-state index contributed by atoms with van der Waals surface area (Å²) in [4.78, 5) is 15.8. The summed E-state index contributed by atoms with van der Waals surface area (Å²) in [5, 5.41) is 2.09. The van der Waals surface area contributed by atoms with Crippen molar-refractivity contribution >= 4 is 22.9 Å². The maximum atomic E-state index is 12.6. The van der Waals surface area contributed by atoms with Gasteiger partial charge < -0.3 is 9.64 Å². The van der Waals surface area contributed by atoms with Crippen LogP contribution in [0.25, 0.3) is 0 Å². The van der Waals surface area contributed by atoms with E-state index in [2.05, 4.69) is 49.6 Å². The first-order valence-corrected chi connectivity index (χ1v) is 9.54. The molecular formula is C20H23NO2S. The number of carbonyl (C=O) groups is 1. The van der Waals surface area contributed by atoms with Gasteiger partial charge in [0.1, 0.15) is 0 Å². The minimum absolute atomic E-state index is 0.0902. The second-order valence-corrected chi connectivity index (χ2v) is 8.05. The number of thiophene rings is 1. The highest BCUT2D eigenvalue weighted by Gasteiger charge is 2.47. The smallest absolute Gasteiger partial charge is 0.224 e. The fourth-order valence-electron chi connectivity index (χ4n) is 4.13. The molecule has 1 aromatic carbocycles. The van der Waals surface area contributed by atoms with Crippen molar-refractivity contribution in [2.24, 2.45) is 5.92 Å². The number of benzene rings is 1. The lowest BCUT2D eigenvalue weighted by Gasteiger charge is -2.43. The number of fused-ring (bicyclic) bond motifs is 3. The van der Waals surface area contributed by atoms with Gasteiger partial charge in [-0.2, -0.15) is 0 Å². The molecule has 1 fully saturated rings. The number of rotatable bonds is 2. The van der Waals surface area contributed by atoms with Gasteiger partial charge in [-0.05, 0) is 35.4 Å². The van der Waals surface area contributed by atoms with Crippen LogP contribution in [0.4, 0.5) is 5.69 Å². The zero-order chi connectivity index (χ0) is 16.8. The second kappa shape index (κ2) is 6.01. The van der Waals surface area contributed by atoms with Crippen molar-refractivity contribution in [3.05, 3.63) is 51.7 Å². The zero-order valence-electron chi connectivity index (χ0n) is 14.4. The molecule has 3 nitrogen and oxygen atoms in total. The molecule has 1 amide bonds. The van der Waals surface area contributed by atoms with Gasteiger partial charge in [0, 0.05) is 29.9 Å². The van der Waals surface area contributed by atoms with Gasteiger partial charge in [-0.3, -0.25) is 4.79 Å². The van der Waals surface area contributed by atoms with Crippen LogP contribution in [0.5, 0.6) is 0 Å². The number of hydrogen-bond acceptors (Lipinski definition) is 3. The van der Waals surface area contributed by atoms with Gasteiger partial charge in [0.05, 0.1) is 17.8 Å². The number of nitrogens with zero attached hydrogens (tertiary/aromatic N) is 1. The van der Waals surface area contributed by atoms with Gasteiger partial charge in [0.2, 0.25) is 5.91 Å². The Labute approximate surface area is 147 Å². The maximum absolute atomic E-state index is 12.6. The third-order valence-electron chi connectivity index (χ3n) is 5.28. The lowest BCUT2D eigenvalue weighted by Crippen LogP contribution is -2.42. The van der Waals surface area contributed by atoms with Gasteiger partial charge in [-0.15, -0.1) is 11.3 Å². The molecule has 0 spiro atoms. The molecule has 3 heterocycles. The van der Waals surface area contributed by atoms with Crippen LogP contribution in [0.1, 0.15) is 61.3 Å². The average Bonchev–Trinajstić information content (AvgIpc) is 3.24. The molecule has 0 aliphatic carbocycles. The van der Waals surface area contributed by atoms with Gasteiger partial charge in [0.25, 0.3) is 0 Å². The Hall–Kier alpha value is -1.65. The Morgan fingerprint density at radius 3 is 2.83 bits per heavy atom. The van der Waals surface area contributed by atoms with Crippen molar-refractivity contribution in [2.45, 2.75) is 45.3 Å². The SMILES string of the molecule is CC(=O)N1c2ccc(C(C)C)cc2C2OCCC2C1c1cccs1. The number of ether oxygens (including phenoxy) is 1. The van der Waals surface area contributed by atoms with Crippen LogP contribution < -0.4 is 4.90 Å². The zero-order valence-corrected chi connectivity index (χ0v) is 15.2. The average molecular weight is 341 g/mol. The van der Waals surface area contributed by atoms with Gasteiger partial charge in [0.15, 0.2) is 0 Å². The number of carbonyl (C=O) groups excluding carboxylic acids is 1. The molecule has 126 valence electrons. The van der Waals surface area contributed by atoms with Crippen LogP contribution in [0.15, 0.2) is 35.7 Å². The van der Waals surface area contributed by atoms with Gasteiger partial charge >= 0.3 is 0 Å². The van der Waals surface area contributed by atoms with Crippen LogP contribution in [0.3, 0.4) is 0 Å². The van der Waals surface area contributed by atoms with E-state index < -0.39 is 0 Å². The Morgan fingerprint density at radius 1 is 1.33 bits per heavy atom. The van der Waals surface area contributed by atoms with E-state index in [-0.39, 0.29) is 18.1 Å². The first-order valence-electron chi connectivity index (χ1n) is 8.66. The molecule has 24 heavy (non-hydrogen) atoms. The maximum Gasteiger partial charge on any atom is 0.224 e. The highest BCUT2D eigenvalue weighted by Crippen LogP contribution is 2.54. The van der Waals surface area contributed by atoms with E-state index in [0.717, 1.165) is 18.7 Å². The van der Waals surface area contributed by atoms with Crippen molar-refractivity contribution in [3.63, 3.8) is 0 Å². The highest BCUT2D eigenvalue weighted by molar-refractivity contribution is 7.10. The second-order valence-electron chi connectivity index (χ2n) is 7.07. The Kier molecular flexibility index (Phi) is 3.97. The summed E-state index contributed by atoms with van der Waals surface area (Å²) in [5.41, 5.74) is 3.52. The van der Waals surface area contributed by atoms with E-state index in [1.165, 1.54) is 16.0 Å². The molecular weight excluding hydrogens is 318 g/mol. The molecule has 1 saturated heterocycles. The van der Waals surface area contributed by atoms with E-state index in [1.807, 2.05) is 4.90 Å². The van der Waals surface area contributed by atoms with Crippen LogP contribution >= 0.6 is 11.3 Å². The molecule has 1 aromatic heterocycles. The molecule has 0 saturated carbocycles. The summed E-state index contributed by atoms with van der Waals surface area (Å²) in [6, 6.07) is 10.8. The topological polar surface area (TPSA) is 29.5 Å². The molecule has 4 rings (SSSR count). The Morgan fingerprint density at radius 2 is 2.17 bits per heavy atom. The third kappa shape index (κ3) is 2.40. The summed E-state index contributed by atoms with van der Waals surface area (Å²) in [5.74, 6) is 0.913. The van der Waals surface area contributed by atoms with Crippen molar-refractivity contribution in [2.75, 3.05) is 11.5 Å². The van der Waals surface area contributed by atoms with E-state index in [1.54, 1.807) is 18.3 Å². The monoisotopic (exact) mass is 341 g/mol. The minimum Gasteiger partial charge on any atom is -0.373 e. The predicted octanol–water partition coefficient (Wildman–Crippen LogP) is 5.06. The predicted molar refractivity (Wildman–Crippen MR) is 97.6 cm³/mol. The van der Waals surface area contributed by atoms with Crippen LogP contribution in [-0.2, 0) is 9.53 Å². The Balaban J connectivity index is 1.89. The first kappa shape index (κ1) is 15.9. The van der Waals surface area contributed by atoms with E-state index in [0.29, 0.717) is 11.8 Å². The molecule has 2 aliphatic rings. The molecule has 0 bridgehead atoms. The van der Waals surface area contributed by atoms with Gasteiger partial charge in [-0.1, -0.05) is 32.0 Å². The largest absolute Gasteiger partial charge is 0.373 e. The first-order chi connectivity index (χ1) is 11.6. The van der Waals surface area contributed by atoms with Crippen molar-refractivity contribution in [1.29, 1.82) is 0 Å². The number of amides is 1. The quantitative estimate of drug-likeness (QED) is 0.764. The number of anilines is 1. The summed E-state index contributed by atoms with van der Waals surface area (Å²) in [6.45, 7) is 6.86. The van der Waals surface area contributed by atoms with E-state index >= 15 is 0 Å². The lowest BCUT2D eigenvalue weighted by molar-refractivity contribution is -0.117. The lowest BCUT2D eigenvalue weighted by atomic mass is 9.80. The Bertz CT molecular complexity index is 753. The molecule has 3 atom stereocenters. The van der Waals surface area contributed by atoms with E-state index in [4.69, 9.17) is 4.74 Å². The van der Waals surface area contributed by atoms with Crippen LogP contribution in [-0.4, -0.2) is 12.5 Å². The van der Waals surface area contributed by atoms with Gasteiger partial charge in [-0.25, -0.2) is 0 Å². The summed E-state index contributed by atoms with van der Waals surface area (Å²) in [7, 11) is 0. The van der Waals surface area contributed by atoms with Crippen molar-refractivity contribution < 1.29 is 9.53 Å². The molecule has 0 N–H and O–H groups in total. The minimum atomic E-state index is 0.0902. The van der Waals surface area contributed by atoms with Crippen LogP contribution in [0, 0.1) is 5.92 Å². The van der Waals surface area contributed by atoms with Crippen molar-refractivity contribution in [3.8, 4) is 0 Å². The van der Waals surface area contributed by atoms with Crippen LogP contribution in [0.2, 0.25) is 0 Å². The fraction of sp³-hybridized carbons (Fsp3) is 0.450. The summed E-state index contributed by atoms with van der Waals surface area (Å²) < 4.78 is 6.14. The number of hydrogen-bond donors (Lipinski definition) is 0. The highest BCUT2D eigenvalue weighted by atomic mass is 32.1. The molecule has 3 unspecified atom stereocenters.